The van der Waals surface area contributed by atoms with Gasteiger partial charge < -0.3 is 14.9 Å². The first-order chi connectivity index (χ1) is 9.56. The molecule has 4 heteroatoms. The van der Waals surface area contributed by atoms with Crippen molar-refractivity contribution in [3.05, 3.63) is 24.3 Å². The van der Waals surface area contributed by atoms with Gasteiger partial charge in [0.05, 0.1) is 18.3 Å². The van der Waals surface area contributed by atoms with Gasteiger partial charge in [-0.1, -0.05) is 12.2 Å². The average molecular weight is 280 g/mol. The van der Waals surface area contributed by atoms with E-state index in [0.29, 0.717) is 12.8 Å². The molecular formula is C16H24O4. The quantitative estimate of drug-likeness (QED) is 0.526. The van der Waals surface area contributed by atoms with Crippen LogP contribution in [0.15, 0.2) is 24.3 Å². The standard InChI is InChI=1S/C16H24O4/c1-11-5-3-2-4-6-12-9-13(17)10-14(12)15(18)7-8-16(19)20-11/h4,6-8,11-15,17-18H,2-3,5,9-10H2,1H3/t11-,12+,13-,14+,15-/m0/s1. The van der Waals surface area contributed by atoms with E-state index in [4.69, 9.17) is 4.74 Å². The number of ether oxygens (including phenoxy) is 1. The van der Waals surface area contributed by atoms with Gasteiger partial charge in [0.15, 0.2) is 0 Å². The molecule has 0 aromatic carbocycles. The highest BCUT2D eigenvalue weighted by Crippen LogP contribution is 2.36. The monoisotopic (exact) mass is 280 g/mol. The molecule has 1 aliphatic heterocycles. The molecule has 20 heavy (non-hydrogen) atoms. The third-order valence-corrected chi connectivity index (χ3v) is 4.19. The van der Waals surface area contributed by atoms with E-state index in [1.54, 1.807) is 0 Å². The first-order valence-electron chi connectivity index (χ1n) is 7.48. The summed E-state index contributed by atoms with van der Waals surface area (Å²) in [5.74, 6) is -0.249. The number of cyclic esters (lactones) is 1. The van der Waals surface area contributed by atoms with Crippen LogP contribution in [0.2, 0.25) is 0 Å². The number of fused-ring (bicyclic) bond motifs is 1. The largest absolute Gasteiger partial charge is 0.460 e. The molecule has 2 N–H and O–H groups in total. The number of aliphatic hydroxyl groups excluding tert-OH is 2. The predicted molar refractivity (Wildman–Crippen MR) is 75.9 cm³/mol. The molecule has 0 saturated heterocycles. The minimum absolute atomic E-state index is 0.0246. The Balaban J connectivity index is 2.11. The van der Waals surface area contributed by atoms with Gasteiger partial charge in [0.1, 0.15) is 0 Å². The van der Waals surface area contributed by atoms with Crippen LogP contribution in [0.1, 0.15) is 39.0 Å². The first-order valence-corrected chi connectivity index (χ1v) is 7.48. The Morgan fingerprint density at radius 1 is 1.25 bits per heavy atom. The number of rotatable bonds is 0. The van der Waals surface area contributed by atoms with Crippen molar-refractivity contribution in [2.75, 3.05) is 0 Å². The van der Waals surface area contributed by atoms with Crippen LogP contribution in [0.4, 0.5) is 0 Å². The van der Waals surface area contributed by atoms with Crippen molar-refractivity contribution in [2.45, 2.75) is 57.3 Å². The molecule has 0 spiro atoms. The van der Waals surface area contributed by atoms with Gasteiger partial charge in [0.2, 0.25) is 0 Å². The number of hydrogen-bond donors (Lipinski definition) is 2. The number of carbonyl (C=O) groups excluding carboxylic acids is 1. The van der Waals surface area contributed by atoms with Crippen molar-refractivity contribution in [2.24, 2.45) is 11.8 Å². The Morgan fingerprint density at radius 3 is 2.85 bits per heavy atom. The third kappa shape index (κ3) is 4.18. The summed E-state index contributed by atoms with van der Waals surface area (Å²) in [6.45, 7) is 1.89. The zero-order chi connectivity index (χ0) is 14.5. The molecule has 0 aromatic heterocycles. The van der Waals surface area contributed by atoms with E-state index in [1.165, 1.54) is 12.2 Å². The number of allylic oxidation sites excluding steroid dienone is 2. The molecule has 0 radical (unpaired) electrons. The summed E-state index contributed by atoms with van der Waals surface area (Å²) in [7, 11) is 0. The molecule has 0 unspecified atom stereocenters. The minimum atomic E-state index is -0.717. The van der Waals surface area contributed by atoms with E-state index < -0.39 is 12.1 Å². The van der Waals surface area contributed by atoms with Crippen molar-refractivity contribution < 1.29 is 19.7 Å². The first kappa shape index (κ1) is 15.3. The van der Waals surface area contributed by atoms with E-state index in [1.807, 2.05) is 6.92 Å². The van der Waals surface area contributed by atoms with E-state index in [-0.39, 0.29) is 24.0 Å². The summed E-state index contributed by atoms with van der Waals surface area (Å²) in [4.78, 5) is 11.6. The van der Waals surface area contributed by atoms with Gasteiger partial charge in [0, 0.05) is 6.08 Å². The van der Waals surface area contributed by atoms with Crippen molar-refractivity contribution in [3.8, 4) is 0 Å². The predicted octanol–water partition coefficient (Wildman–Crippen LogP) is 1.96. The molecule has 0 aromatic rings. The topological polar surface area (TPSA) is 66.8 Å². The van der Waals surface area contributed by atoms with Gasteiger partial charge in [-0.3, -0.25) is 0 Å². The molecule has 1 heterocycles. The highest BCUT2D eigenvalue weighted by Gasteiger charge is 2.35. The fourth-order valence-electron chi connectivity index (χ4n) is 3.10. The van der Waals surface area contributed by atoms with Crippen LogP contribution in [0.5, 0.6) is 0 Å². The number of esters is 1. The minimum Gasteiger partial charge on any atom is -0.460 e. The van der Waals surface area contributed by atoms with Crippen LogP contribution < -0.4 is 0 Å². The molecule has 1 fully saturated rings. The van der Waals surface area contributed by atoms with E-state index in [9.17, 15) is 15.0 Å². The van der Waals surface area contributed by atoms with E-state index in [2.05, 4.69) is 12.2 Å². The summed E-state index contributed by atoms with van der Waals surface area (Å²) < 4.78 is 5.23. The maximum absolute atomic E-state index is 11.6. The molecule has 1 saturated carbocycles. The summed E-state index contributed by atoms with van der Waals surface area (Å²) in [5.41, 5.74) is 0. The smallest absolute Gasteiger partial charge is 0.330 e. The lowest BCUT2D eigenvalue weighted by Gasteiger charge is -2.19. The fraction of sp³-hybridized carbons (Fsp3) is 0.688. The van der Waals surface area contributed by atoms with Gasteiger partial charge >= 0.3 is 5.97 Å². The zero-order valence-electron chi connectivity index (χ0n) is 11.9. The lowest BCUT2D eigenvalue weighted by molar-refractivity contribution is -0.142. The molecule has 0 amide bonds. The Bertz CT molecular complexity index is 388. The lowest BCUT2D eigenvalue weighted by Crippen LogP contribution is -2.21. The van der Waals surface area contributed by atoms with Gasteiger partial charge in [-0.25, -0.2) is 4.79 Å². The highest BCUT2D eigenvalue weighted by atomic mass is 16.5. The van der Waals surface area contributed by atoms with Gasteiger partial charge in [-0.05, 0) is 56.9 Å². The molecule has 0 bridgehead atoms. The van der Waals surface area contributed by atoms with Crippen LogP contribution >= 0.6 is 0 Å². The number of hydrogen-bond acceptors (Lipinski definition) is 4. The van der Waals surface area contributed by atoms with Gasteiger partial charge in [0.25, 0.3) is 0 Å². The van der Waals surface area contributed by atoms with Crippen LogP contribution in [-0.4, -0.2) is 34.5 Å². The maximum atomic E-state index is 11.6. The summed E-state index contributed by atoms with van der Waals surface area (Å²) >= 11 is 0. The summed E-state index contributed by atoms with van der Waals surface area (Å²) in [6, 6.07) is 0. The summed E-state index contributed by atoms with van der Waals surface area (Å²) in [5, 5.41) is 20.0. The van der Waals surface area contributed by atoms with Crippen molar-refractivity contribution in [1.29, 1.82) is 0 Å². The van der Waals surface area contributed by atoms with E-state index >= 15 is 0 Å². The fourth-order valence-corrected chi connectivity index (χ4v) is 3.10. The Kier molecular flexibility index (Phi) is 5.38. The normalized spacial score (nSPS) is 39.4. The van der Waals surface area contributed by atoms with Crippen molar-refractivity contribution in [1.82, 2.24) is 0 Å². The second-order valence-corrected chi connectivity index (χ2v) is 5.91. The average Bonchev–Trinajstić information content (AvgIpc) is 2.76. The van der Waals surface area contributed by atoms with Gasteiger partial charge in [-0.2, -0.15) is 0 Å². The number of aliphatic hydroxyl groups is 2. The van der Waals surface area contributed by atoms with E-state index in [0.717, 1.165) is 19.3 Å². The molecule has 2 rings (SSSR count). The van der Waals surface area contributed by atoms with Crippen LogP contribution in [0.25, 0.3) is 0 Å². The van der Waals surface area contributed by atoms with Crippen molar-refractivity contribution in [3.63, 3.8) is 0 Å². The second-order valence-electron chi connectivity index (χ2n) is 5.91. The molecule has 5 atom stereocenters. The third-order valence-electron chi connectivity index (χ3n) is 4.19. The Labute approximate surface area is 120 Å². The Morgan fingerprint density at radius 2 is 2.05 bits per heavy atom. The lowest BCUT2D eigenvalue weighted by atomic mass is 9.90. The molecule has 4 nitrogen and oxygen atoms in total. The second kappa shape index (κ2) is 7.04. The molecule has 112 valence electrons. The van der Waals surface area contributed by atoms with Crippen LogP contribution in [0, 0.1) is 11.8 Å². The Hall–Kier alpha value is -1.13. The molecular weight excluding hydrogens is 256 g/mol. The summed E-state index contributed by atoms with van der Waals surface area (Å²) in [6.07, 6.45) is 9.87. The van der Waals surface area contributed by atoms with Crippen LogP contribution in [0.3, 0.4) is 0 Å². The zero-order valence-corrected chi connectivity index (χ0v) is 11.9. The van der Waals surface area contributed by atoms with Gasteiger partial charge in [-0.15, -0.1) is 0 Å². The molecule has 1 aliphatic carbocycles. The SMILES string of the molecule is C[C@H]1CCCC=C[C@@H]2C[C@H](O)C[C@H]2[C@@H](O)C=CC(=O)O1. The highest BCUT2D eigenvalue weighted by molar-refractivity contribution is 5.82. The molecule has 2 aliphatic rings. The number of carbonyl (C=O) groups is 1. The van der Waals surface area contributed by atoms with Crippen molar-refractivity contribution >= 4 is 5.97 Å². The maximum Gasteiger partial charge on any atom is 0.330 e. The van der Waals surface area contributed by atoms with Crippen LogP contribution in [-0.2, 0) is 9.53 Å².